The quantitative estimate of drug-likeness (QED) is 0.690. The second kappa shape index (κ2) is 5.62. The molecular weight excluding hydrogens is 319 g/mol. The summed E-state index contributed by atoms with van der Waals surface area (Å²) in [4.78, 5) is 10.2. The Hall–Kier alpha value is -2.35. The summed E-state index contributed by atoms with van der Waals surface area (Å²) in [5.41, 5.74) is 4.02. The highest BCUT2D eigenvalue weighted by atomic mass is 31.2. The predicted molar refractivity (Wildman–Crippen MR) is 95.9 cm³/mol. The van der Waals surface area contributed by atoms with Crippen molar-refractivity contribution < 1.29 is 14.0 Å². The molecule has 4 rings (SSSR count). The fourth-order valence-corrected chi connectivity index (χ4v) is 4.47. The van der Waals surface area contributed by atoms with Crippen LogP contribution in [0.15, 0.2) is 72.8 Å². The van der Waals surface area contributed by atoms with E-state index in [1.165, 1.54) is 5.56 Å². The van der Waals surface area contributed by atoms with Gasteiger partial charge in [-0.05, 0) is 29.3 Å². The zero-order valence-corrected chi connectivity index (χ0v) is 14.1. The zero-order valence-electron chi connectivity index (χ0n) is 13.2. The van der Waals surface area contributed by atoms with Crippen molar-refractivity contribution in [3.63, 3.8) is 0 Å². The number of rotatable bonds is 2. The van der Waals surface area contributed by atoms with Crippen LogP contribution in [0.4, 0.5) is 0 Å². The summed E-state index contributed by atoms with van der Waals surface area (Å²) in [5, 5.41) is 0.363. The van der Waals surface area contributed by atoms with Gasteiger partial charge in [-0.2, -0.15) is 0 Å². The molecule has 1 aliphatic rings. The number of fused-ring (bicyclic) bond motifs is 3. The van der Waals surface area contributed by atoms with Crippen LogP contribution in [0.1, 0.15) is 24.0 Å². The summed E-state index contributed by atoms with van der Waals surface area (Å²) in [6, 6.07) is 23.3. The molecule has 0 spiro atoms. The van der Waals surface area contributed by atoms with Crippen molar-refractivity contribution in [1.29, 1.82) is 0 Å². The van der Waals surface area contributed by atoms with Gasteiger partial charge < -0.3 is 9.42 Å². The van der Waals surface area contributed by atoms with Gasteiger partial charge in [-0.25, -0.2) is 4.57 Å². The highest BCUT2D eigenvalue weighted by molar-refractivity contribution is 7.62. The number of hydrogen-bond donors (Lipinski definition) is 1. The Bertz CT molecular complexity index is 950. The van der Waals surface area contributed by atoms with Gasteiger partial charge in [-0.1, -0.05) is 61.5 Å². The van der Waals surface area contributed by atoms with Crippen LogP contribution in [0.25, 0.3) is 11.1 Å². The Labute approximate surface area is 141 Å². The Kier molecular flexibility index (Phi) is 3.56. The molecule has 0 amide bonds. The third-order valence-corrected chi connectivity index (χ3v) is 5.97. The van der Waals surface area contributed by atoms with Gasteiger partial charge in [-0.3, -0.25) is 0 Å². The van der Waals surface area contributed by atoms with Crippen LogP contribution in [0.2, 0.25) is 0 Å². The Morgan fingerprint density at radius 3 is 2.38 bits per heavy atom. The molecule has 1 heterocycles. The zero-order chi connectivity index (χ0) is 16.7. The third kappa shape index (κ3) is 2.47. The lowest BCUT2D eigenvalue weighted by atomic mass is 9.90. The summed E-state index contributed by atoms with van der Waals surface area (Å²) in [5.74, 6) is 0.690. The lowest BCUT2D eigenvalue weighted by Gasteiger charge is -2.25. The maximum absolute atomic E-state index is 12.4. The van der Waals surface area contributed by atoms with Gasteiger partial charge in [0.05, 0.1) is 5.30 Å². The van der Waals surface area contributed by atoms with E-state index in [0.29, 0.717) is 11.1 Å². The van der Waals surface area contributed by atoms with E-state index in [-0.39, 0.29) is 5.92 Å². The molecule has 24 heavy (non-hydrogen) atoms. The van der Waals surface area contributed by atoms with E-state index in [2.05, 4.69) is 25.1 Å². The van der Waals surface area contributed by atoms with Crippen LogP contribution in [0, 0.1) is 0 Å². The predicted octanol–water partition coefficient (Wildman–Crippen LogP) is 4.71. The van der Waals surface area contributed by atoms with E-state index >= 15 is 0 Å². The minimum Gasteiger partial charge on any atom is -0.421 e. The first kappa shape index (κ1) is 15.2. The van der Waals surface area contributed by atoms with Crippen molar-refractivity contribution >= 4 is 12.9 Å². The second-order valence-electron chi connectivity index (χ2n) is 6.02. The van der Waals surface area contributed by atoms with Crippen molar-refractivity contribution in [3.05, 3.63) is 83.9 Å². The van der Waals surface area contributed by atoms with Crippen LogP contribution in [0.5, 0.6) is 5.75 Å². The van der Waals surface area contributed by atoms with E-state index in [1.807, 2.05) is 36.4 Å². The normalized spacial score (nSPS) is 19.8. The van der Waals surface area contributed by atoms with Crippen LogP contribution in [0.3, 0.4) is 0 Å². The minimum atomic E-state index is -3.81. The van der Waals surface area contributed by atoms with Gasteiger partial charge in [0.1, 0.15) is 5.75 Å². The minimum absolute atomic E-state index is 0.228. The summed E-state index contributed by atoms with van der Waals surface area (Å²) in [6.07, 6.45) is 0. The topological polar surface area (TPSA) is 46.5 Å². The van der Waals surface area contributed by atoms with Gasteiger partial charge >= 0.3 is 7.60 Å². The summed E-state index contributed by atoms with van der Waals surface area (Å²) >= 11 is 0. The molecule has 1 N–H and O–H groups in total. The Balaban J connectivity index is 1.84. The molecule has 0 fully saturated rings. The maximum atomic E-state index is 12.4. The monoisotopic (exact) mass is 336 g/mol. The SMILES string of the molecule is CC(c1ccccc1)c1ccc2c(c1)-c1ccccc1P(=O)(O)O2. The smallest absolute Gasteiger partial charge is 0.408 e. The largest absolute Gasteiger partial charge is 0.421 e. The van der Waals surface area contributed by atoms with Gasteiger partial charge in [0.2, 0.25) is 0 Å². The fraction of sp³-hybridized carbons (Fsp3) is 0.100. The molecule has 0 saturated carbocycles. The average molecular weight is 336 g/mol. The molecule has 0 bridgehead atoms. The number of hydrogen-bond acceptors (Lipinski definition) is 2. The highest BCUT2D eigenvalue weighted by Gasteiger charge is 2.34. The third-order valence-electron chi connectivity index (χ3n) is 4.52. The lowest BCUT2D eigenvalue weighted by Crippen LogP contribution is -2.17. The molecule has 0 radical (unpaired) electrons. The molecule has 3 aromatic rings. The molecular formula is C20H17O3P. The first-order valence-corrected chi connectivity index (χ1v) is 9.45. The van der Waals surface area contributed by atoms with E-state index in [9.17, 15) is 9.46 Å². The Morgan fingerprint density at radius 2 is 1.58 bits per heavy atom. The highest BCUT2D eigenvalue weighted by Crippen LogP contribution is 2.52. The standard InChI is InChI=1S/C20H17O3P/c1-14(15-7-3-2-4-8-15)16-11-12-19-18(13-16)17-9-5-6-10-20(17)24(21,22)23-19/h2-14H,1H3,(H,21,22). The first-order chi connectivity index (χ1) is 11.6. The van der Waals surface area contributed by atoms with Crippen molar-refractivity contribution in [1.82, 2.24) is 0 Å². The second-order valence-corrected chi connectivity index (χ2v) is 7.72. The van der Waals surface area contributed by atoms with E-state index in [0.717, 1.165) is 16.7 Å². The summed E-state index contributed by atoms with van der Waals surface area (Å²) in [7, 11) is -3.81. The first-order valence-electron chi connectivity index (χ1n) is 7.87. The molecule has 0 aromatic heterocycles. The maximum Gasteiger partial charge on any atom is 0.408 e. The van der Waals surface area contributed by atoms with Gasteiger partial charge in [-0.15, -0.1) is 0 Å². The summed E-state index contributed by atoms with van der Waals surface area (Å²) in [6.45, 7) is 2.16. The molecule has 0 saturated heterocycles. The van der Waals surface area contributed by atoms with E-state index in [1.54, 1.807) is 18.2 Å². The lowest BCUT2D eigenvalue weighted by molar-refractivity contribution is 0.392. The van der Waals surface area contributed by atoms with Crippen molar-refractivity contribution in [2.75, 3.05) is 0 Å². The molecule has 3 aromatic carbocycles. The molecule has 2 unspecified atom stereocenters. The van der Waals surface area contributed by atoms with Crippen LogP contribution >= 0.6 is 7.60 Å². The average Bonchev–Trinajstić information content (AvgIpc) is 2.61. The van der Waals surface area contributed by atoms with E-state index < -0.39 is 7.60 Å². The molecule has 1 aliphatic heterocycles. The van der Waals surface area contributed by atoms with Crippen molar-refractivity contribution in [3.8, 4) is 16.9 Å². The van der Waals surface area contributed by atoms with Gasteiger partial charge in [0.15, 0.2) is 0 Å². The van der Waals surface area contributed by atoms with Crippen molar-refractivity contribution in [2.24, 2.45) is 0 Å². The van der Waals surface area contributed by atoms with E-state index in [4.69, 9.17) is 4.52 Å². The van der Waals surface area contributed by atoms with Crippen LogP contribution in [-0.2, 0) is 4.57 Å². The van der Waals surface area contributed by atoms with Gasteiger partial charge in [0.25, 0.3) is 0 Å². The molecule has 120 valence electrons. The Morgan fingerprint density at radius 1 is 0.875 bits per heavy atom. The van der Waals surface area contributed by atoms with Crippen LogP contribution < -0.4 is 9.83 Å². The van der Waals surface area contributed by atoms with Crippen molar-refractivity contribution in [2.45, 2.75) is 12.8 Å². The summed E-state index contributed by atoms with van der Waals surface area (Å²) < 4.78 is 17.8. The molecule has 0 aliphatic carbocycles. The number of benzene rings is 3. The fourth-order valence-electron chi connectivity index (χ4n) is 3.17. The van der Waals surface area contributed by atoms with Crippen LogP contribution in [-0.4, -0.2) is 4.89 Å². The molecule has 4 heteroatoms. The molecule has 3 nitrogen and oxygen atoms in total. The molecule has 2 atom stereocenters. The van der Waals surface area contributed by atoms with Gasteiger partial charge in [0, 0.05) is 17.0 Å².